The maximum atomic E-state index is 14.5. The van der Waals surface area contributed by atoms with E-state index in [4.69, 9.17) is 18.9 Å². The van der Waals surface area contributed by atoms with E-state index in [0.717, 1.165) is 49.8 Å². The van der Waals surface area contributed by atoms with E-state index in [1.54, 1.807) is 19.1 Å². The Bertz CT molecular complexity index is 1190. The molecule has 1 saturated heterocycles. The van der Waals surface area contributed by atoms with Gasteiger partial charge < -0.3 is 23.8 Å². The summed E-state index contributed by atoms with van der Waals surface area (Å²) in [6.07, 6.45) is 11.5. The van der Waals surface area contributed by atoms with Crippen molar-refractivity contribution in [1.29, 1.82) is 0 Å². The molecule has 1 aromatic carbocycles. The number of ether oxygens (including phenoxy) is 4. The molecule has 1 aliphatic carbocycles. The highest BCUT2D eigenvalue weighted by atomic mass is 16.5. The third-order valence-corrected chi connectivity index (χ3v) is 8.77. The molecule has 2 fully saturated rings. The standard InChI is InChI=1S/C31H44N4O6/c1-21-14-16-34-20-24(32-33-34)12-9-17-40-31(37)25-13-7-8-15-35(25)30(36)28(22-10-5-4-6-11-22)23-18-26(38-2)29(39-3)27(19-23)41-21/h18-22,25,28H,4-17H2,1-3H3/t21-,25-,28-/m0/s1. The summed E-state index contributed by atoms with van der Waals surface area (Å²) in [7, 11) is 3.20. The first-order chi connectivity index (χ1) is 20.0. The van der Waals surface area contributed by atoms with Gasteiger partial charge in [0.05, 0.1) is 38.5 Å². The molecule has 1 saturated carbocycles. The van der Waals surface area contributed by atoms with Crippen LogP contribution >= 0.6 is 0 Å². The number of hydrogen-bond acceptors (Lipinski definition) is 8. The maximum Gasteiger partial charge on any atom is 0.328 e. The van der Waals surface area contributed by atoms with Crippen molar-refractivity contribution < 1.29 is 28.5 Å². The van der Waals surface area contributed by atoms with Crippen LogP contribution in [0.3, 0.4) is 0 Å². The number of fused-ring (bicyclic) bond motifs is 5. The van der Waals surface area contributed by atoms with Gasteiger partial charge in [0, 0.05) is 25.7 Å². The molecule has 0 N–H and O–H groups in total. The lowest BCUT2D eigenvalue weighted by atomic mass is 9.75. The molecule has 0 unspecified atom stereocenters. The van der Waals surface area contributed by atoms with E-state index in [-0.39, 0.29) is 23.9 Å². The molecule has 2 aliphatic heterocycles. The van der Waals surface area contributed by atoms with Crippen molar-refractivity contribution in [1.82, 2.24) is 19.9 Å². The van der Waals surface area contributed by atoms with Crippen LogP contribution in [0.1, 0.15) is 88.3 Å². The van der Waals surface area contributed by atoms with Crippen molar-refractivity contribution in [3.8, 4) is 17.2 Å². The van der Waals surface area contributed by atoms with Crippen molar-refractivity contribution in [2.45, 2.75) is 102 Å². The van der Waals surface area contributed by atoms with Gasteiger partial charge in [-0.05, 0) is 75.5 Å². The summed E-state index contributed by atoms with van der Waals surface area (Å²) in [5.74, 6) is 1.04. The molecular formula is C31H44N4O6. The van der Waals surface area contributed by atoms with Gasteiger partial charge in [-0.3, -0.25) is 9.48 Å². The molecule has 4 bridgehead atoms. The van der Waals surface area contributed by atoms with Crippen molar-refractivity contribution in [2.24, 2.45) is 5.92 Å². The first-order valence-electron chi connectivity index (χ1n) is 15.3. The van der Waals surface area contributed by atoms with E-state index in [1.165, 1.54) is 6.42 Å². The first kappa shape index (κ1) is 29.2. The average Bonchev–Trinajstić information content (AvgIpc) is 3.46. The van der Waals surface area contributed by atoms with Gasteiger partial charge in [-0.1, -0.05) is 24.5 Å². The number of aryl methyl sites for hydroxylation is 2. The highest BCUT2D eigenvalue weighted by molar-refractivity contribution is 5.89. The molecule has 0 radical (unpaired) electrons. The van der Waals surface area contributed by atoms with Gasteiger partial charge in [0.1, 0.15) is 6.04 Å². The minimum absolute atomic E-state index is 0.00152. The summed E-state index contributed by atoms with van der Waals surface area (Å²) in [6, 6.07) is 3.30. The van der Waals surface area contributed by atoms with Crippen molar-refractivity contribution in [2.75, 3.05) is 27.4 Å². The van der Waals surface area contributed by atoms with Gasteiger partial charge in [0.15, 0.2) is 11.5 Å². The quantitative estimate of drug-likeness (QED) is 0.492. The lowest BCUT2D eigenvalue weighted by molar-refractivity contribution is -0.158. The molecule has 1 aromatic heterocycles. The summed E-state index contributed by atoms with van der Waals surface area (Å²) in [5, 5.41) is 8.53. The highest BCUT2D eigenvalue weighted by Crippen LogP contribution is 2.45. The number of amides is 1. The normalized spacial score (nSPS) is 25.1. The van der Waals surface area contributed by atoms with Crippen LogP contribution in [-0.4, -0.2) is 71.3 Å². The number of benzene rings is 1. The van der Waals surface area contributed by atoms with Gasteiger partial charge in [-0.2, -0.15) is 0 Å². The second kappa shape index (κ2) is 13.6. The van der Waals surface area contributed by atoms with E-state index in [1.807, 2.05) is 29.9 Å². The van der Waals surface area contributed by atoms with E-state index in [9.17, 15) is 9.59 Å². The van der Waals surface area contributed by atoms with Gasteiger partial charge in [0.2, 0.25) is 11.7 Å². The zero-order chi connectivity index (χ0) is 28.8. The Morgan fingerprint density at radius 3 is 2.51 bits per heavy atom. The fourth-order valence-electron chi connectivity index (χ4n) is 6.59. The zero-order valence-electron chi connectivity index (χ0n) is 24.7. The molecule has 1 amide bonds. The minimum atomic E-state index is -0.568. The van der Waals surface area contributed by atoms with Crippen LogP contribution in [0.5, 0.6) is 17.2 Å². The average molecular weight is 569 g/mol. The summed E-state index contributed by atoms with van der Waals surface area (Å²) in [4.78, 5) is 29.7. The molecule has 2 aromatic rings. The largest absolute Gasteiger partial charge is 0.493 e. The number of aromatic nitrogens is 3. The molecule has 224 valence electrons. The van der Waals surface area contributed by atoms with Crippen LogP contribution in [0.15, 0.2) is 18.3 Å². The van der Waals surface area contributed by atoms with Crippen molar-refractivity contribution in [3.63, 3.8) is 0 Å². The Balaban J connectivity index is 1.55. The summed E-state index contributed by atoms with van der Waals surface area (Å²) in [5.41, 5.74) is 1.70. The van der Waals surface area contributed by atoms with Crippen LogP contribution in [0.4, 0.5) is 0 Å². The third-order valence-electron chi connectivity index (χ3n) is 8.77. The van der Waals surface area contributed by atoms with Crippen LogP contribution < -0.4 is 14.2 Å². The van der Waals surface area contributed by atoms with E-state index < -0.39 is 12.0 Å². The Labute approximate surface area is 242 Å². The summed E-state index contributed by atoms with van der Waals surface area (Å²) >= 11 is 0. The molecule has 10 heteroatoms. The van der Waals surface area contributed by atoms with Crippen LogP contribution in [0, 0.1) is 5.92 Å². The number of nitrogens with zero attached hydrogens (tertiary/aromatic N) is 4. The fraction of sp³-hybridized carbons (Fsp3) is 0.677. The highest BCUT2D eigenvalue weighted by Gasteiger charge is 2.41. The van der Waals surface area contributed by atoms with Crippen molar-refractivity contribution in [3.05, 3.63) is 29.6 Å². The predicted octanol–water partition coefficient (Wildman–Crippen LogP) is 4.69. The Morgan fingerprint density at radius 2 is 1.73 bits per heavy atom. The van der Waals surface area contributed by atoms with Crippen LogP contribution in [0.2, 0.25) is 0 Å². The van der Waals surface area contributed by atoms with Gasteiger partial charge in [-0.25, -0.2) is 4.79 Å². The molecule has 0 spiro atoms. The number of piperidine rings is 1. The maximum absolute atomic E-state index is 14.5. The number of hydrogen-bond donors (Lipinski definition) is 0. The second-order valence-corrected chi connectivity index (χ2v) is 11.6. The molecule has 41 heavy (non-hydrogen) atoms. The number of cyclic esters (lactones) is 1. The zero-order valence-corrected chi connectivity index (χ0v) is 24.7. The Kier molecular flexibility index (Phi) is 9.67. The van der Waals surface area contributed by atoms with Crippen molar-refractivity contribution >= 4 is 11.9 Å². The molecule has 3 heterocycles. The van der Waals surface area contributed by atoms with Gasteiger partial charge >= 0.3 is 5.97 Å². The third kappa shape index (κ3) is 6.79. The van der Waals surface area contributed by atoms with Gasteiger partial charge in [0.25, 0.3) is 0 Å². The first-order valence-corrected chi connectivity index (χ1v) is 15.3. The molecule has 5 rings (SSSR count). The number of rotatable bonds is 3. The Morgan fingerprint density at radius 1 is 0.927 bits per heavy atom. The summed E-state index contributed by atoms with van der Waals surface area (Å²) < 4.78 is 25.5. The lowest BCUT2D eigenvalue weighted by Crippen LogP contribution is -2.51. The monoisotopic (exact) mass is 568 g/mol. The van der Waals surface area contributed by atoms with E-state index in [2.05, 4.69) is 10.3 Å². The SMILES string of the molecule is COc1cc2cc(c1OC)O[C@@H](C)CCn1cc(nn1)CCCOC(=O)[C@@H]1CCCCN1C(=O)[C@H]2C1CCCCC1. The smallest absolute Gasteiger partial charge is 0.328 e. The lowest BCUT2D eigenvalue weighted by Gasteiger charge is -2.39. The van der Waals surface area contributed by atoms with E-state index >= 15 is 0 Å². The molecule has 3 atom stereocenters. The van der Waals surface area contributed by atoms with E-state index in [0.29, 0.717) is 62.6 Å². The molecule has 10 nitrogen and oxygen atoms in total. The van der Waals surface area contributed by atoms with Crippen LogP contribution in [-0.2, 0) is 27.3 Å². The Hall–Kier alpha value is -3.30. The molecule has 3 aliphatic rings. The molecular weight excluding hydrogens is 524 g/mol. The van der Waals surface area contributed by atoms with Gasteiger partial charge in [-0.15, -0.1) is 5.10 Å². The predicted molar refractivity (Wildman–Crippen MR) is 152 cm³/mol. The number of methoxy groups -OCH3 is 2. The number of esters is 1. The number of carbonyl (C=O) groups is 2. The minimum Gasteiger partial charge on any atom is -0.493 e. The fourth-order valence-corrected chi connectivity index (χ4v) is 6.59. The van der Waals surface area contributed by atoms with Crippen LogP contribution in [0.25, 0.3) is 0 Å². The number of carbonyl (C=O) groups excluding carboxylic acids is 2. The topological polar surface area (TPSA) is 105 Å². The summed E-state index contributed by atoms with van der Waals surface area (Å²) in [6.45, 7) is 3.50. The second-order valence-electron chi connectivity index (χ2n) is 11.6.